The largest absolute Gasteiger partial charge is 0.444 e. The highest BCUT2D eigenvalue weighted by molar-refractivity contribution is 7.09. The molecule has 22 heavy (non-hydrogen) atoms. The third kappa shape index (κ3) is 4.43. The van der Waals surface area contributed by atoms with Gasteiger partial charge in [-0.3, -0.25) is 0 Å². The molecule has 124 valence electrons. The molecule has 0 bridgehead atoms. The lowest BCUT2D eigenvalue weighted by Crippen LogP contribution is -2.43. The van der Waals surface area contributed by atoms with Crippen molar-refractivity contribution in [3.63, 3.8) is 0 Å². The van der Waals surface area contributed by atoms with E-state index in [4.69, 9.17) is 10.5 Å². The molecule has 1 aliphatic rings. The number of nitrogens with two attached hydrogens (primary N) is 1. The maximum absolute atomic E-state index is 12.1. The van der Waals surface area contributed by atoms with Crippen molar-refractivity contribution in [3.8, 4) is 0 Å². The Labute approximate surface area is 136 Å². The van der Waals surface area contributed by atoms with Crippen LogP contribution in [0.15, 0.2) is 5.38 Å². The van der Waals surface area contributed by atoms with Crippen molar-refractivity contribution < 1.29 is 9.53 Å². The summed E-state index contributed by atoms with van der Waals surface area (Å²) in [6.07, 6.45) is 1.71. The molecule has 1 unspecified atom stereocenters. The van der Waals surface area contributed by atoms with E-state index in [2.05, 4.69) is 10.4 Å². The zero-order valence-electron chi connectivity index (χ0n) is 14.0. The number of carbonyl (C=O) groups is 1. The van der Waals surface area contributed by atoms with E-state index in [1.54, 1.807) is 11.3 Å². The normalized spacial score (nSPS) is 18.3. The number of amides is 1. The zero-order valence-corrected chi connectivity index (χ0v) is 14.8. The summed E-state index contributed by atoms with van der Waals surface area (Å²) < 4.78 is 5.44. The predicted molar refractivity (Wildman–Crippen MR) is 89.2 cm³/mol. The number of hydrogen-bond donors (Lipinski definition) is 1. The highest BCUT2D eigenvalue weighted by Gasteiger charge is 2.31. The number of likely N-dealkylation sites (tertiary alicyclic amines) is 1. The Morgan fingerprint density at radius 2 is 2.14 bits per heavy atom. The fraction of sp³-hybridized carbons (Fsp3) is 0.750. The van der Waals surface area contributed by atoms with Crippen LogP contribution < -0.4 is 5.73 Å². The second-order valence-electron chi connectivity index (χ2n) is 6.97. The summed E-state index contributed by atoms with van der Waals surface area (Å²) in [6, 6.07) is 0. The monoisotopic (exact) mass is 325 g/mol. The Morgan fingerprint density at radius 1 is 1.50 bits per heavy atom. The van der Waals surface area contributed by atoms with Gasteiger partial charge < -0.3 is 15.4 Å². The molecule has 2 rings (SSSR count). The molecular formula is C16H27N3O2S. The molecule has 0 aliphatic carbocycles. The van der Waals surface area contributed by atoms with Crippen LogP contribution in [-0.2, 0) is 4.74 Å². The molecule has 1 aromatic rings. The molecule has 0 aromatic carbocycles. The molecule has 1 atom stereocenters. The van der Waals surface area contributed by atoms with Gasteiger partial charge >= 0.3 is 6.09 Å². The Morgan fingerprint density at radius 3 is 2.59 bits per heavy atom. The summed E-state index contributed by atoms with van der Waals surface area (Å²) >= 11 is 1.69. The van der Waals surface area contributed by atoms with E-state index in [0.717, 1.165) is 36.6 Å². The molecule has 1 saturated heterocycles. The molecular weight excluding hydrogens is 298 g/mol. The SMILES string of the molecule is Cc1csc(C(CN)C2CCN(C(=O)OC(C)(C)C)CC2)n1. The van der Waals surface area contributed by atoms with Crippen molar-refractivity contribution in [2.45, 2.75) is 52.1 Å². The summed E-state index contributed by atoms with van der Waals surface area (Å²) in [6.45, 7) is 9.79. The molecule has 1 fully saturated rings. The van der Waals surface area contributed by atoms with Crippen molar-refractivity contribution in [2.24, 2.45) is 11.7 Å². The number of piperidine rings is 1. The Hall–Kier alpha value is -1.14. The first-order chi connectivity index (χ1) is 10.3. The fourth-order valence-electron chi connectivity index (χ4n) is 2.85. The molecule has 0 saturated carbocycles. The predicted octanol–water partition coefficient (Wildman–Crippen LogP) is 3.14. The summed E-state index contributed by atoms with van der Waals surface area (Å²) in [5.41, 5.74) is 6.61. The number of aromatic nitrogens is 1. The van der Waals surface area contributed by atoms with Crippen LogP contribution in [-0.4, -0.2) is 41.2 Å². The van der Waals surface area contributed by atoms with Crippen molar-refractivity contribution in [2.75, 3.05) is 19.6 Å². The van der Waals surface area contributed by atoms with Crippen LogP contribution in [0.2, 0.25) is 0 Å². The first-order valence-electron chi connectivity index (χ1n) is 7.90. The van der Waals surface area contributed by atoms with Crippen molar-refractivity contribution in [1.29, 1.82) is 0 Å². The quantitative estimate of drug-likeness (QED) is 0.927. The number of ether oxygens (including phenoxy) is 1. The van der Waals surface area contributed by atoms with E-state index in [-0.39, 0.29) is 6.09 Å². The lowest BCUT2D eigenvalue weighted by atomic mass is 9.84. The van der Waals surface area contributed by atoms with Gasteiger partial charge in [0.1, 0.15) is 5.60 Å². The van der Waals surface area contributed by atoms with Gasteiger partial charge in [-0.15, -0.1) is 11.3 Å². The lowest BCUT2D eigenvalue weighted by molar-refractivity contribution is 0.0175. The molecule has 2 N–H and O–H groups in total. The number of rotatable bonds is 3. The van der Waals surface area contributed by atoms with Gasteiger partial charge in [-0.25, -0.2) is 9.78 Å². The van der Waals surface area contributed by atoms with Crippen molar-refractivity contribution in [1.82, 2.24) is 9.88 Å². The molecule has 1 aromatic heterocycles. The van der Waals surface area contributed by atoms with Gasteiger partial charge in [0.05, 0.1) is 5.01 Å². The number of carbonyl (C=O) groups excluding carboxylic acids is 1. The zero-order chi connectivity index (χ0) is 16.3. The lowest BCUT2D eigenvalue weighted by Gasteiger charge is -2.35. The van der Waals surface area contributed by atoms with E-state index in [1.165, 1.54) is 0 Å². The molecule has 0 spiro atoms. The van der Waals surface area contributed by atoms with Crippen LogP contribution in [0, 0.1) is 12.8 Å². The fourth-order valence-corrected chi connectivity index (χ4v) is 3.85. The van der Waals surface area contributed by atoms with E-state index < -0.39 is 5.60 Å². The molecule has 1 amide bonds. The van der Waals surface area contributed by atoms with Crippen LogP contribution in [0.4, 0.5) is 4.79 Å². The molecule has 1 aliphatic heterocycles. The van der Waals surface area contributed by atoms with Gasteiger partial charge in [0.15, 0.2) is 0 Å². The number of hydrogen-bond acceptors (Lipinski definition) is 5. The van der Waals surface area contributed by atoms with Gasteiger partial charge in [0, 0.05) is 36.6 Å². The third-order valence-electron chi connectivity index (χ3n) is 3.97. The average molecular weight is 325 g/mol. The minimum atomic E-state index is -0.438. The molecule has 5 nitrogen and oxygen atoms in total. The van der Waals surface area contributed by atoms with Gasteiger partial charge in [-0.2, -0.15) is 0 Å². The molecule has 6 heteroatoms. The smallest absolute Gasteiger partial charge is 0.410 e. The Kier molecular flexibility index (Phi) is 5.45. The van der Waals surface area contributed by atoms with Gasteiger partial charge in [0.2, 0.25) is 0 Å². The van der Waals surface area contributed by atoms with E-state index in [0.29, 0.717) is 18.4 Å². The third-order valence-corrected chi connectivity index (χ3v) is 5.06. The van der Waals surface area contributed by atoms with Crippen LogP contribution in [0.1, 0.15) is 50.2 Å². The van der Waals surface area contributed by atoms with Crippen LogP contribution in [0.5, 0.6) is 0 Å². The van der Waals surface area contributed by atoms with E-state index in [9.17, 15) is 4.79 Å². The van der Waals surface area contributed by atoms with E-state index in [1.807, 2.05) is 32.6 Å². The number of nitrogens with zero attached hydrogens (tertiary/aromatic N) is 2. The Bertz CT molecular complexity index is 502. The summed E-state index contributed by atoms with van der Waals surface area (Å²) in [7, 11) is 0. The van der Waals surface area contributed by atoms with Crippen molar-refractivity contribution in [3.05, 3.63) is 16.1 Å². The second kappa shape index (κ2) is 6.96. The molecule has 2 heterocycles. The minimum Gasteiger partial charge on any atom is -0.444 e. The maximum Gasteiger partial charge on any atom is 0.410 e. The first kappa shape index (κ1) is 17.2. The second-order valence-corrected chi connectivity index (χ2v) is 7.86. The standard InChI is InChI=1S/C16H27N3O2S/c1-11-10-22-14(18-11)13(9-17)12-5-7-19(8-6-12)15(20)21-16(2,3)4/h10,12-13H,5-9,17H2,1-4H3. The topological polar surface area (TPSA) is 68.5 Å². The van der Waals surface area contributed by atoms with Crippen LogP contribution in [0.25, 0.3) is 0 Å². The van der Waals surface area contributed by atoms with Crippen LogP contribution in [0.3, 0.4) is 0 Å². The minimum absolute atomic E-state index is 0.208. The van der Waals surface area contributed by atoms with Crippen molar-refractivity contribution >= 4 is 17.4 Å². The van der Waals surface area contributed by atoms with Gasteiger partial charge in [-0.05, 0) is 46.5 Å². The average Bonchev–Trinajstić information content (AvgIpc) is 2.85. The van der Waals surface area contributed by atoms with E-state index >= 15 is 0 Å². The molecule has 0 radical (unpaired) electrons. The summed E-state index contributed by atoms with van der Waals surface area (Å²) in [5, 5.41) is 3.21. The highest BCUT2D eigenvalue weighted by atomic mass is 32.1. The van der Waals surface area contributed by atoms with Gasteiger partial charge in [-0.1, -0.05) is 0 Å². The van der Waals surface area contributed by atoms with Crippen LogP contribution >= 0.6 is 11.3 Å². The number of thiazole rings is 1. The first-order valence-corrected chi connectivity index (χ1v) is 8.78. The maximum atomic E-state index is 12.1. The Balaban J connectivity index is 1.92. The summed E-state index contributed by atoms with van der Waals surface area (Å²) in [4.78, 5) is 18.5. The number of aryl methyl sites for hydroxylation is 1. The highest BCUT2D eigenvalue weighted by Crippen LogP contribution is 2.33. The van der Waals surface area contributed by atoms with Gasteiger partial charge in [0.25, 0.3) is 0 Å². The summed E-state index contributed by atoms with van der Waals surface area (Å²) in [5.74, 6) is 0.800.